The molecule has 0 radical (unpaired) electrons. The van der Waals surface area contributed by atoms with E-state index in [0.717, 1.165) is 36.3 Å². The molecule has 2 bridgehead atoms. The van der Waals surface area contributed by atoms with E-state index in [-0.39, 0.29) is 18.0 Å². The molecule has 0 spiro atoms. The van der Waals surface area contributed by atoms with Crippen LogP contribution in [0.15, 0.2) is 59.7 Å². The van der Waals surface area contributed by atoms with Gasteiger partial charge in [0.2, 0.25) is 0 Å². The van der Waals surface area contributed by atoms with Crippen molar-refractivity contribution in [3.05, 3.63) is 82.2 Å². The number of aromatic nitrogens is 3. The summed E-state index contributed by atoms with van der Waals surface area (Å²) in [6.45, 7) is 0. The van der Waals surface area contributed by atoms with Crippen LogP contribution in [0.4, 0.5) is 13.2 Å². The third kappa shape index (κ3) is 3.63. The lowest BCUT2D eigenvalue weighted by Crippen LogP contribution is -2.31. The second-order valence-electron chi connectivity index (χ2n) is 8.50. The number of hydrogen-bond acceptors (Lipinski definition) is 3. The first-order valence-corrected chi connectivity index (χ1v) is 10.5. The van der Waals surface area contributed by atoms with Crippen LogP contribution in [-0.4, -0.2) is 20.6 Å². The van der Waals surface area contributed by atoms with E-state index in [1.54, 1.807) is 12.3 Å². The molecule has 5 heterocycles. The summed E-state index contributed by atoms with van der Waals surface area (Å²) in [5.41, 5.74) is 4.11. The lowest BCUT2D eigenvalue weighted by molar-refractivity contribution is -0.141. The first kappa shape index (κ1) is 21.7. The highest BCUT2D eigenvalue weighted by atomic mass is 35.5. The fraction of sp³-hybridized carbons (Fsp3) is 0.250. The molecule has 2 N–H and O–H groups in total. The summed E-state index contributed by atoms with van der Waals surface area (Å²) in [6.07, 6.45) is 1.62. The number of nitrogens with zero attached hydrogens (tertiary/aromatic N) is 2. The van der Waals surface area contributed by atoms with Crippen molar-refractivity contribution < 1.29 is 13.2 Å². The standard InChI is InChI=1S/C24H19F3N4O.ClH/c25-24(26,27)21-6-1-14(12-28-21)13-7-8-31(22(32)9-13)16-3-4-17-19(11-16)30-20-10-15-2-5-18(29-15)23(17)20;/h1,3-4,6-9,11-12,15,18,29-30H,2,5,10H2;1H. The molecular weight excluding hydrogens is 453 g/mol. The zero-order valence-electron chi connectivity index (χ0n) is 17.3. The van der Waals surface area contributed by atoms with E-state index in [2.05, 4.69) is 21.4 Å². The molecule has 2 aliphatic rings. The van der Waals surface area contributed by atoms with Gasteiger partial charge in [-0.2, -0.15) is 13.2 Å². The third-order valence-electron chi connectivity index (χ3n) is 6.53. The van der Waals surface area contributed by atoms with Crippen LogP contribution < -0.4 is 10.9 Å². The van der Waals surface area contributed by atoms with E-state index in [9.17, 15) is 18.0 Å². The zero-order chi connectivity index (χ0) is 22.0. The molecule has 0 amide bonds. The largest absolute Gasteiger partial charge is 0.433 e. The minimum Gasteiger partial charge on any atom is -0.358 e. The maximum atomic E-state index is 12.8. The molecule has 4 aromatic rings. The van der Waals surface area contributed by atoms with Crippen LogP contribution in [0, 0.1) is 0 Å². The van der Waals surface area contributed by atoms with Crippen molar-refractivity contribution in [2.75, 3.05) is 0 Å². The average molecular weight is 473 g/mol. The van der Waals surface area contributed by atoms with Crippen LogP contribution >= 0.6 is 12.4 Å². The monoisotopic (exact) mass is 472 g/mol. The first-order valence-electron chi connectivity index (χ1n) is 10.5. The molecule has 0 aliphatic carbocycles. The van der Waals surface area contributed by atoms with Gasteiger partial charge in [-0.1, -0.05) is 12.1 Å². The van der Waals surface area contributed by atoms with Gasteiger partial charge in [0.1, 0.15) is 5.69 Å². The van der Waals surface area contributed by atoms with Gasteiger partial charge in [-0.05, 0) is 48.2 Å². The van der Waals surface area contributed by atoms with Crippen LogP contribution in [0.1, 0.15) is 35.8 Å². The maximum Gasteiger partial charge on any atom is 0.433 e. The number of alkyl halides is 3. The molecule has 6 rings (SSSR count). The van der Waals surface area contributed by atoms with Gasteiger partial charge in [0.15, 0.2) is 0 Å². The van der Waals surface area contributed by atoms with E-state index in [4.69, 9.17) is 0 Å². The molecule has 5 nitrogen and oxygen atoms in total. The molecule has 3 aromatic heterocycles. The third-order valence-corrected chi connectivity index (χ3v) is 6.53. The Balaban J connectivity index is 0.00000228. The van der Waals surface area contributed by atoms with E-state index in [1.807, 2.05) is 12.1 Å². The molecule has 1 aromatic carbocycles. The number of rotatable bonds is 2. The Hall–Kier alpha value is -3.10. The van der Waals surface area contributed by atoms with Crippen LogP contribution in [0.2, 0.25) is 0 Å². The summed E-state index contributed by atoms with van der Waals surface area (Å²) in [7, 11) is 0. The number of benzene rings is 1. The lowest BCUT2D eigenvalue weighted by Gasteiger charge is -2.21. The summed E-state index contributed by atoms with van der Waals surface area (Å²) in [4.78, 5) is 19.8. The minimum absolute atomic E-state index is 0. The van der Waals surface area contributed by atoms with Crippen molar-refractivity contribution in [2.45, 2.75) is 37.5 Å². The molecule has 2 aliphatic heterocycles. The van der Waals surface area contributed by atoms with E-state index >= 15 is 0 Å². The van der Waals surface area contributed by atoms with Crippen LogP contribution in [-0.2, 0) is 12.6 Å². The van der Waals surface area contributed by atoms with Gasteiger partial charge in [-0.15, -0.1) is 12.4 Å². The van der Waals surface area contributed by atoms with Gasteiger partial charge < -0.3 is 10.3 Å². The predicted molar refractivity (Wildman–Crippen MR) is 122 cm³/mol. The summed E-state index contributed by atoms with van der Waals surface area (Å²) < 4.78 is 39.7. The van der Waals surface area contributed by atoms with Crippen molar-refractivity contribution in [2.24, 2.45) is 0 Å². The Morgan fingerprint density at radius 2 is 1.88 bits per heavy atom. The lowest BCUT2D eigenvalue weighted by atomic mass is 9.99. The molecule has 2 unspecified atom stereocenters. The van der Waals surface area contributed by atoms with Gasteiger partial charge in [-0.3, -0.25) is 14.3 Å². The summed E-state index contributed by atoms with van der Waals surface area (Å²) in [6, 6.07) is 12.3. The molecule has 1 saturated heterocycles. The second-order valence-corrected chi connectivity index (χ2v) is 8.50. The average Bonchev–Trinajstić information content (AvgIpc) is 3.33. The minimum atomic E-state index is -4.49. The molecule has 2 atom stereocenters. The molecule has 33 heavy (non-hydrogen) atoms. The van der Waals surface area contributed by atoms with Crippen molar-refractivity contribution in [1.29, 1.82) is 0 Å². The van der Waals surface area contributed by atoms with Gasteiger partial charge in [-0.25, -0.2) is 0 Å². The van der Waals surface area contributed by atoms with Crippen LogP contribution in [0.5, 0.6) is 0 Å². The molecule has 1 fully saturated rings. The number of halogens is 4. The van der Waals surface area contributed by atoms with Gasteiger partial charge in [0, 0.05) is 59.1 Å². The van der Waals surface area contributed by atoms with Crippen molar-refractivity contribution in [3.63, 3.8) is 0 Å². The second kappa shape index (κ2) is 7.74. The number of fused-ring (bicyclic) bond motifs is 6. The van der Waals surface area contributed by atoms with Gasteiger partial charge in [0.05, 0.1) is 5.69 Å². The highest BCUT2D eigenvalue weighted by Gasteiger charge is 2.34. The first-order chi connectivity index (χ1) is 15.4. The number of aromatic amines is 1. The molecule has 170 valence electrons. The number of hydrogen-bond donors (Lipinski definition) is 2. The predicted octanol–water partition coefficient (Wildman–Crippen LogP) is 5.17. The zero-order valence-corrected chi connectivity index (χ0v) is 18.1. The summed E-state index contributed by atoms with van der Waals surface area (Å²) >= 11 is 0. The highest BCUT2D eigenvalue weighted by molar-refractivity contribution is 5.87. The SMILES string of the molecule is Cl.O=c1cc(-c2ccc(C(F)(F)F)nc2)ccn1-c1ccc2c3c([nH]c2c1)CC1CCC3N1. The molecule has 0 saturated carbocycles. The Kier molecular flexibility index (Phi) is 5.10. The van der Waals surface area contributed by atoms with Crippen LogP contribution in [0.3, 0.4) is 0 Å². The van der Waals surface area contributed by atoms with Crippen molar-refractivity contribution in [3.8, 4) is 16.8 Å². The van der Waals surface area contributed by atoms with E-state index < -0.39 is 11.9 Å². The molecular formula is C24H20ClF3N4O. The Labute approximate surface area is 193 Å². The Morgan fingerprint density at radius 3 is 2.61 bits per heavy atom. The number of H-pyrrole nitrogens is 1. The quantitative estimate of drug-likeness (QED) is 0.423. The Morgan fingerprint density at radius 1 is 1.03 bits per heavy atom. The normalized spacial score (nSPS) is 19.4. The fourth-order valence-corrected chi connectivity index (χ4v) is 5.03. The summed E-state index contributed by atoms with van der Waals surface area (Å²) in [5, 5.41) is 4.85. The van der Waals surface area contributed by atoms with Crippen molar-refractivity contribution >= 4 is 23.3 Å². The highest BCUT2D eigenvalue weighted by Crippen LogP contribution is 2.40. The Bertz CT molecular complexity index is 1410. The summed E-state index contributed by atoms with van der Waals surface area (Å²) in [5.74, 6) is 0. The number of nitrogens with one attached hydrogen (secondary N) is 2. The van der Waals surface area contributed by atoms with E-state index in [0.29, 0.717) is 23.2 Å². The van der Waals surface area contributed by atoms with Crippen LogP contribution in [0.25, 0.3) is 27.7 Å². The smallest absolute Gasteiger partial charge is 0.358 e. The maximum absolute atomic E-state index is 12.8. The fourth-order valence-electron chi connectivity index (χ4n) is 5.03. The van der Waals surface area contributed by atoms with Gasteiger partial charge >= 0.3 is 6.18 Å². The van der Waals surface area contributed by atoms with E-state index in [1.165, 1.54) is 39.8 Å². The topological polar surface area (TPSA) is 62.7 Å². The van der Waals surface area contributed by atoms with Crippen molar-refractivity contribution in [1.82, 2.24) is 19.9 Å². The van der Waals surface area contributed by atoms with Gasteiger partial charge in [0.25, 0.3) is 5.56 Å². The number of pyridine rings is 2. The molecule has 9 heteroatoms.